The number of carbonyl (C=O) groups is 1. The molecule has 0 spiro atoms. The van der Waals surface area contributed by atoms with Crippen LogP contribution in [0.1, 0.15) is 19.3 Å². The molecule has 1 saturated heterocycles. The minimum absolute atomic E-state index is 0.0217. The topological polar surface area (TPSA) is 41.6 Å². The van der Waals surface area contributed by atoms with Crippen molar-refractivity contribution in [3.8, 4) is 0 Å². The van der Waals surface area contributed by atoms with E-state index in [-0.39, 0.29) is 11.8 Å². The summed E-state index contributed by atoms with van der Waals surface area (Å²) in [7, 11) is 0. The summed E-state index contributed by atoms with van der Waals surface area (Å²) in [6.07, 6.45) is 5.09. The Morgan fingerprint density at radius 2 is 2.04 bits per heavy atom. The minimum atomic E-state index is -0.142. The number of halogens is 2. The van der Waals surface area contributed by atoms with Gasteiger partial charge in [0.25, 0.3) is 0 Å². The van der Waals surface area contributed by atoms with Crippen molar-refractivity contribution in [3.63, 3.8) is 0 Å². The number of ether oxygens (including phenoxy) is 1. The second-order valence-electron chi connectivity index (χ2n) is 5.83. The molecule has 1 aliphatic carbocycles. The van der Waals surface area contributed by atoms with Gasteiger partial charge in [-0.3, -0.25) is 4.79 Å². The molecule has 23 heavy (non-hydrogen) atoms. The number of nitrogens with one attached hydrogen (secondary N) is 1. The van der Waals surface area contributed by atoms with Gasteiger partial charge in [0, 0.05) is 23.8 Å². The Labute approximate surface area is 146 Å². The molecular weight excluding hydrogens is 335 g/mol. The van der Waals surface area contributed by atoms with E-state index >= 15 is 0 Å². The number of amides is 1. The van der Waals surface area contributed by atoms with Gasteiger partial charge in [-0.15, -0.1) is 0 Å². The number of nitrogens with zero attached hydrogens (tertiary/aromatic N) is 1. The van der Waals surface area contributed by atoms with Gasteiger partial charge in [0.1, 0.15) is 0 Å². The van der Waals surface area contributed by atoms with Gasteiger partial charge in [0.15, 0.2) is 0 Å². The molecule has 2 aliphatic rings. The van der Waals surface area contributed by atoms with Gasteiger partial charge >= 0.3 is 0 Å². The lowest BCUT2D eigenvalue weighted by molar-refractivity contribution is -0.119. The van der Waals surface area contributed by atoms with Crippen LogP contribution in [-0.4, -0.2) is 37.1 Å². The van der Waals surface area contributed by atoms with Gasteiger partial charge < -0.3 is 15.0 Å². The molecule has 1 aromatic rings. The second-order valence-corrected chi connectivity index (χ2v) is 6.67. The Morgan fingerprint density at radius 3 is 2.83 bits per heavy atom. The zero-order valence-corrected chi connectivity index (χ0v) is 14.4. The van der Waals surface area contributed by atoms with E-state index in [4.69, 9.17) is 27.9 Å². The largest absolute Gasteiger partial charge is 0.378 e. The molecule has 0 bridgehead atoms. The maximum atomic E-state index is 12.8. The lowest BCUT2D eigenvalue weighted by Gasteiger charge is -2.36. The summed E-state index contributed by atoms with van der Waals surface area (Å²) in [6, 6.07) is 5.08. The number of hydrogen-bond donors (Lipinski definition) is 1. The third-order valence-corrected chi connectivity index (χ3v) is 4.85. The molecule has 1 heterocycles. The van der Waals surface area contributed by atoms with Crippen molar-refractivity contribution in [1.29, 1.82) is 0 Å². The molecule has 1 unspecified atom stereocenters. The lowest BCUT2D eigenvalue weighted by atomic mass is 9.90. The average molecular weight is 355 g/mol. The van der Waals surface area contributed by atoms with Gasteiger partial charge in [-0.1, -0.05) is 29.3 Å². The number of morpholine rings is 1. The highest BCUT2D eigenvalue weighted by Gasteiger charge is 2.29. The van der Waals surface area contributed by atoms with Crippen molar-refractivity contribution in [3.05, 3.63) is 40.0 Å². The van der Waals surface area contributed by atoms with Gasteiger partial charge in [0.05, 0.1) is 29.8 Å². The van der Waals surface area contributed by atoms with E-state index < -0.39 is 0 Å². The summed E-state index contributed by atoms with van der Waals surface area (Å²) < 4.78 is 5.41. The molecule has 0 radical (unpaired) electrons. The highest BCUT2D eigenvalue weighted by atomic mass is 35.5. The molecular formula is C17H20Cl2N2O2. The monoisotopic (exact) mass is 354 g/mol. The van der Waals surface area contributed by atoms with Crippen LogP contribution in [0, 0.1) is 5.92 Å². The maximum Gasteiger partial charge on any atom is 0.233 e. The lowest BCUT2D eigenvalue weighted by Crippen LogP contribution is -2.41. The van der Waals surface area contributed by atoms with Crippen molar-refractivity contribution in [2.24, 2.45) is 5.92 Å². The predicted octanol–water partition coefficient (Wildman–Crippen LogP) is 3.95. The molecule has 3 rings (SSSR count). The smallest absolute Gasteiger partial charge is 0.233 e. The van der Waals surface area contributed by atoms with Crippen LogP contribution in [0.5, 0.6) is 0 Å². The summed E-state index contributed by atoms with van der Waals surface area (Å²) in [4.78, 5) is 15.0. The highest BCUT2D eigenvalue weighted by molar-refractivity contribution is 6.35. The zero-order valence-electron chi connectivity index (χ0n) is 12.9. The molecule has 4 nitrogen and oxygen atoms in total. The van der Waals surface area contributed by atoms with E-state index in [1.54, 1.807) is 18.2 Å². The standard InChI is InChI=1S/C17H20Cl2N2O2/c18-12-5-6-14(19)15(11-12)20-17(22)13-3-1-2-4-16(13)21-7-9-23-10-8-21/h4-6,11,13H,1-3,7-10H2,(H,20,22). The van der Waals surface area contributed by atoms with Gasteiger partial charge in [-0.25, -0.2) is 0 Å². The van der Waals surface area contributed by atoms with Crippen LogP contribution in [-0.2, 0) is 9.53 Å². The van der Waals surface area contributed by atoms with Crippen molar-refractivity contribution in [2.45, 2.75) is 19.3 Å². The van der Waals surface area contributed by atoms with Crippen molar-refractivity contribution in [1.82, 2.24) is 4.90 Å². The molecule has 0 aromatic heterocycles. The van der Waals surface area contributed by atoms with E-state index in [0.29, 0.717) is 28.9 Å². The summed E-state index contributed by atoms with van der Waals surface area (Å²) in [6.45, 7) is 3.11. The van der Waals surface area contributed by atoms with Crippen LogP contribution >= 0.6 is 23.2 Å². The quantitative estimate of drug-likeness (QED) is 0.893. The number of anilines is 1. The number of allylic oxidation sites excluding steroid dienone is 1. The molecule has 1 fully saturated rings. The molecule has 1 atom stereocenters. The van der Waals surface area contributed by atoms with E-state index in [1.807, 2.05) is 0 Å². The van der Waals surface area contributed by atoms with Crippen LogP contribution in [0.2, 0.25) is 10.0 Å². The minimum Gasteiger partial charge on any atom is -0.378 e. The van der Waals surface area contributed by atoms with E-state index in [0.717, 1.165) is 38.0 Å². The molecule has 0 saturated carbocycles. The summed E-state index contributed by atoms with van der Waals surface area (Å²) in [5.74, 6) is -0.163. The third-order valence-electron chi connectivity index (χ3n) is 4.29. The Kier molecular flexibility index (Phi) is 5.46. The average Bonchev–Trinajstić information content (AvgIpc) is 2.59. The predicted molar refractivity (Wildman–Crippen MR) is 92.9 cm³/mol. The van der Waals surface area contributed by atoms with Crippen LogP contribution in [0.15, 0.2) is 30.0 Å². The molecule has 1 aromatic carbocycles. The van der Waals surface area contributed by atoms with E-state index in [2.05, 4.69) is 16.3 Å². The number of carbonyl (C=O) groups excluding carboxylic acids is 1. The fourth-order valence-electron chi connectivity index (χ4n) is 3.11. The van der Waals surface area contributed by atoms with Crippen molar-refractivity contribution in [2.75, 3.05) is 31.6 Å². The first-order valence-corrected chi connectivity index (χ1v) is 8.69. The molecule has 6 heteroatoms. The van der Waals surface area contributed by atoms with Gasteiger partial charge in [-0.05, 0) is 37.5 Å². The normalized spacial score (nSPS) is 21.7. The van der Waals surface area contributed by atoms with Gasteiger partial charge in [0.2, 0.25) is 5.91 Å². The molecule has 1 N–H and O–H groups in total. The third kappa shape index (κ3) is 4.00. The summed E-state index contributed by atoms with van der Waals surface area (Å²) in [5.41, 5.74) is 1.69. The highest BCUT2D eigenvalue weighted by Crippen LogP contribution is 2.31. The van der Waals surface area contributed by atoms with Gasteiger partial charge in [-0.2, -0.15) is 0 Å². The van der Waals surface area contributed by atoms with Crippen LogP contribution in [0.25, 0.3) is 0 Å². The Bertz CT molecular complexity index is 613. The Morgan fingerprint density at radius 1 is 1.26 bits per heavy atom. The zero-order chi connectivity index (χ0) is 16.2. The van der Waals surface area contributed by atoms with Crippen LogP contribution in [0.3, 0.4) is 0 Å². The van der Waals surface area contributed by atoms with E-state index in [9.17, 15) is 4.79 Å². The Hall–Kier alpha value is -1.23. The summed E-state index contributed by atoms with van der Waals surface area (Å²) in [5, 5.41) is 3.98. The van der Waals surface area contributed by atoms with Crippen molar-refractivity contribution < 1.29 is 9.53 Å². The van der Waals surface area contributed by atoms with Crippen LogP contribution < -0.4 is 5.32 Å². The Balaban J connectivity index is 1.75. The first kappa shape index (κ1) is 16.6. The first-order chi connectivity index (χ1) is 11.1. The number of benzene rings is 1. The number of rotatable bonds is 3. The fourth-order valence-corrected chi connectivity index (χ4v) is 3.45. The summed E-state index contributed by atoms with van der Waals surface area (Å²) >= 11 is 12.1. The SMILES string of the molecule is O=C(Nc1cc(Cl)ccc1Cl)C1CCCC=C1N1CCOCC1. The van der Waals surface area contributed by atoms with Crippen molar-refractivity contribution >= 4 is 34.8 Å². The second kappa shape index (κ2) is 7.56. The maximum absolute atomic E-state index is 12.8. The fraction of sp³-hybridized carbons (Fsp3) is 0.471. The van der Waals surface area contributed by atoms with Crippen LogP contribution in [0.4, 0.5) is 5.69 Å². The number of hydrogen-bond acceptors (Lipinski definition) is 3. The molecule has 1 aliphatic heterocycles. The molecule has 124 valence electrons. The molecule has 1 amide bonds. The first-order valence-electron chi connectivity index (χ1n) is 7.94. The van der Waals surface area contributed by atoms with E-state index in [1.165, 1.54) is 0 Å².